The van der Waals surface area contributed by atoms with Gasteiger partial charge < -0.3 is 19.7 Å². The summed E-state index contributed by atoms with van der Waals surface area (Å²) in [6.45, 7) is -4.32. The third-order valence-corrected chi connectivity index (χ3v) is 1.76. The van der Waals surface area contributed by atoms with Crippen molar-refractivity contribution in [2.24, 2.45) is 0 Å². The summed E-state index contributed by atoms with van der Waals surface area (Å²) in [5.41, 5.74) is 0. The van der Waals surface area contributed by atoms with E-state index in [-0.39, 0.29) is 0 Å². The van der Waals surface area contributed by atoms with Crippen LogP contribution in [0.2, 0.25) is 0 Å². The van der Waals surface area contributed by atoms with E-state index in [9.17, 15) is 26.3 Å². The summed E-state index contributed by atoms with van der Waals surface area (Å²) in [5.74, 6) is 0. The molecule has 0 amide bonds. The molecular formula is C8H12F6O4. The molecule has 10 heteroatoms. The Kier molecular flexibility index (Phi) is 6.89. The topological polar surface area (TPSA) is 58.9 Å². The van der Waals surface area contributed by atoms with Crippen molar-refractivity contribution in [3.63, 3.8) is 0 Å². The Labute approximate surface area is 98.1 Å². The van der Waals surface area contributed by atoms with E-state index in [2.05, 4.69) is 9.47 Å². The Bertz CT molecular complexity index is 229. The molecule has 4 nitrogen and oxygen atoms in total. The van der Waals surface area contributed by atoms with Gasteiger partial charge >= 0.3 is 12.4 Å². The quantitative estimate of drug-likeness (QED) is 0.682. The summed E-state index contributed by atoms with van der Waals surface area (Å²) in [6, 6.07) is 0. The molecule has 0 rings (SSSR count). The zero-order valence-electron chi connectivity index (χ0n) is 8.96. The second-order valence-corrected chi connectivity index (χ2v) is 3.17. The number of halogens is 6. The van der Waals surface area contributed by atoms with Crippen LogP contribution in [0.1, 0.15) is 0 Å². The van der Waals surface area contributed by atoms with Crippen LogP contribution in [0.4, 0.5) is 26.3 Å². The molecule has 0 radical (unpaired) electrons. The Morgan fingerprint density at radius 3 is 1.67 bits per heavy atom. The lowest BCUT2D eigenvalue weighted by molar-refractivity contribution is -0.269. The van der Waals surface area contributed by atoms with E-state index < -0.39 is 51.0 Å². The first kappa shape index (κ1) is 17.4. The molecule has 0 aromatic rings. The minimum atomic E-state index is -4.97. The largest absolute Gasteiger partial charge is 0.416 e. The van der Waals surface area contributed by atoms with Gasteiger partial charge in [-0.2, -0.15) is 26.3 Å². The number of aliphatic hydroxyl groups excluding tert-OH is 2. The first-order valence-corrected chi connectivity index (χ1v) is 4.71. The normalized spacial score (nSPS) is 16.7. The van der Waals surface area contributed by atoms with Crippen LogP contribution in [0.5, 0.6) is 0 Å². The fourth-order valence-corrected chi connectivity index (χ4v) is 0.886. The van der Waals surface area contributed by atoms with Gasteiger partial charge in [-0.25, -0.2) is 0 Å². The van der Waals surface area contributed by atoms with Gasteiger partial charge in [-0.3, -0.25) is 0 Å². The van der Waals surface area contributed by atoms with Crippen molar-refractivity contribution in [1.29, 1.82) is 0 Å². The summed E-state index contributed by atoms with van der Waals surface area (Å²) in [7, 11) is 0. The summed E-state index contributed by atoms with van der Waals surface area (Å²) in [5, 5.41) is 16.6. The predicted octanol–water partition coefficient (Wildman–Crippen LogP) is 0.866. The van der Waals surface area contributed by atoms with Crippen molar-refractivity contribution >= 4 is 0 Å². The molecule has 0 spiro atoms. The molecule has 0 saturated carbocycles. The maximum absolute atomic E-state index is 12.3. The number of aliphatic hydroxyl groups is 2. The first-order chi connectivity index (χ1) is 8.12. The highest BCUT2D eigenvalue weighted by atomic mass is 19.4. The molecular weight excluding hydrogens is 274 g/mol. The van der Waals surface area contributed by atoms with Crippen molar-refractivity contribution in [1.82, 2.24) is 0 Å². The minimum Gasteiger partial charge on any atom is -0.394 e. The van der Waals surface area contributed by atoms with Gasteiger partial charge in [0.05, 0.1) is 26.4 Å². The summed E-state index contributed by atoms with van der Waals surface area (Å²) in [6.07, 6.45) is -15.2. The van der Waals surface area contributed by atoms with Gasteiger partial charge in [-0.05, 0) is 0 Å². The molecule has 0 saturated heterocycles. The van der Waals surface area contributed by atoms with E-state index in [1.807, 2.05) is 0 Å². The van der Waals surface area contributed by atoms with E-state index in [4.69, 9.17) is 10.2 Å². The maximum atomic E-state index is 12.3. The molecule has 110 valence electrons. The van der Waals surface area contributed by atoms with Crippen LogP contribution >= 0.6 is 0 Å². The fourth-order valence-electron chi connectivity index (χ4n) is 0.886. The lowest BCUT2D eigenvalue weighted by Crippen LogP contribution is -2.42. The zero-order chi connectivity index (χ0) is 14.4. The molecule has 2 N–H and O–H groups in total. The third kappa shape index (κ3) is 6.38. The van der Waals surface area contributed by atoms with Gasteiger partial charge in [0.1, 0.15) is 0 Å². The number of hydrogen-bond acceptors (Lipinski definition) is 4. The maximum Gasteiger partial charge on any atom is 0.416 e. The van der Waals surface area contributed by atoms with Crippen molar-refractivity contribution in [3.05, 3.63) is 0 Å². The van der Waals surface area contributed by atoms with E-state index in [1.165, 1.54) is 0 Å². The van der Waals surface area contributed by atoms with E-state index in [1.54, 1.807) is 0 Å². The molecule has 0 fully saturated rings. The third-order valence-electron chi connectivity index (χ3n) is 1.76. The van der Waals surface area contributed by atoms with Crippen LogP contribution in [0, 0.1) is 0 Å². The van der Waals surface area contributed by atoms with Crippen LogP contribution in [-0.2, 0) is 9.47 Å². The molecule has 0 aliphatic heterocycles. The fraction of sp³-hybridized carbons (Fsp3) is 1.00. The first-order valence-electron chi connectivity index (χ1n) is 4.71. The van der Waals surface area contributed by atoms with Gasteiger partial charge in [0.15, 0.2) is 12.2 Å². The summed E-state index contributed by atoms with van der Waals surface area (Å²) in [4.78, 5) is 0. The zero-order valence-corrected chi connectivity index (χ0v) is 8.96. The molecule has 0 bridgehead atoms. The predicted molar refractivity (Wildman–Crippen MR) is 45.8 cm³/mol. The van der Waals surface area contributed by atoms with Crippen LogP contribution in [-0.4, -0.2) is 61.2 Å². The highest BCUT2D eigenvalue weighted by molar-refractivity contribution is 4.71. The van der Waals surface area contributed by atoms with Gasteiger partial charge in [0.2, 0.25) is 0 Å². The minimum absolute atomic E-state index is 0.691. The van der Waals surface area contributed by atoms with Crippen LogP contribution in [0.3, 0.4) is 0 Å². The average Bonchev–Trinajstić information content (AvgIpc) is 2.19. The Hall–Kier alpha value is -0.580. The molecule has 0 heterocycles. The van der Waals surface area contributed by atoms with Crippen molar-refractivity contribution in [2.45, 2.75) is 24.6 Å². The number of hydrogen-bond donors (Lipinski definition) is 2. The molecule has 0 aromatic carbocycles. The summed E-state index contributed by atoms with van der Waals surface area (Å²) < 4.78 is 81.1. The summed E-state index contributed by atoms with van der Waals surface area (Å²) >= 11 is 0. The van der Waals surface area contributed by atoms with Gasteiger partial charge in [0, 0.05) is 0 Å². The van der Waals surface area contributed by atoms with Crippen LogP contribution < -0.4 is 0 Å². The van der Waals surface area contributed by atoms with E-state index in [0.717, 1.165) is 0 Å². The molecule has 0 aliphatic rings. The lowest BCUT2D eigenvalue weighted by Gasteiger charge is -2.24. The highest BCUT2D eigenvalue weighted by Crippen LogP contribution is 2.26. The molecule has 0 aromatic heterocycles. The van der Waals surface area contributed by atoms with E-state index in [0.29, 0.717) is 0 Å². The highest BCUT2D eigenvalue weighted by Gasteiger charge is 2.45. The molecule has 18 heavy (non-hydrogen) atoms. The lowest BCUT2D eigenvalue weighted by atomic mass is 10.3. The van der Waals surface area contributed by atoms with Gasteiger partial charge in [0.25, 0.3) is 0 Å². The number of alkyl halides is 6. The smallest absolute Gasteiger partial charge is 0.394 e. The number of rotatable bonds is 7. The Morgan fingerprint density at radius 2 is 1.33 bits per heavy atom. The molecule has 2 unspecified atom stereocenters. The van der Waals surface area contributed by atoms with Crippen LogP contribution in [0.15, 0.2) is 0 Å². The Balaban J connectivity index is 4.41. The standard InChI is InChI=1S/C8H12F6O4/c9-7(10,11)5(3-16)18-4-6(8(12,13)14)17-2-1-15/h5-6,15-16H,1-4H2. The van der Waals surface area contributed by atoms with Crippen molar-refractivity contribution in [2.75, 3.05) is 26.4 Å². The van der Waals surface area contributed by atoms with Crippen molar-refractivity contribution < 1.29 is 46.0 Å². The average molecular weight is 286 g/mol. The Morgan fingerprint density at radius 1 is 0.833 bits per heavy atom. The van der Waals surface area contributed by atoms with E-state index >= 15 is 0 Å². The van der Waals surface area contributed by atoms with Crippen LogP contribution in [0.25, 0.3) is 0 Å². The van der Waals surface area contributed by atoms with Gasteiger partial charge in [-0.15, -0.1) is 0 Å². The van der Waals surface area contributed by atoms with Gasteiger partial charge in [-0.1, -0.05) is 0 Å². The molecule has 0 aliphatic carbocycles. The number of ether oxygens (including phenoxy) is 2. The molecule has 2 atom stereocenters. The SMILES string of the molecule is OCCOC(COC(CO)C(F)(F)F)C(F)(F)F. The van der Waals surface area contributed by atoms with Crippen molar-refractivity contribution in [3.8, 4) is 0 Å². The second kappa shape index (κ2) is 7.12. The second-order valence-electron chi connectivity index (χ2n) is 3.17. The monoisotopic (exact) mass is 286 g/mol.